The molecule has 0 bridgehead atoms. The van der Waals surface area contributed by atoms with Crippen molar-refractivity contribution in [3.8, 4) is 11.1 Å². The Morgan fingerprint density at radius 1 is 1.07 bits per heavy atom. The number of rotatable bonds is 6. The van der Waals surface area contributed by atoms with Crippen molar-refractivity contribution in [1.29, 1.82) is 0 Å². The van der Waals surface area contributed by atoms with Gasteiger partial charge in [-0.05, 0) is 47.7 Å². The monoisotopic (exact) mass is 387 g/mol. The van der Waals surface area contributed by atoms with Gasteiger partial charge in [-0.3, -0.25) is 9.78 Å². The molecule has 140 valence electrons. The summed E-state index contributed by atoms with van der Waals surface area (Å²) in [6, 6.07) is 18.3. The van der Waals surface area contributed by atoms with E-state index in [9.17, 15) is 4.79 Å². The molecule has 1 aromatic carbocycles. The lowest BCUT2D eigenvalue weighted by atomic mass is 10.1. The SMILES string of the molecule is Cc1ccc(Cn2cc(-c3ccncc3)cc2C(=O)NCc2cccs2)cc1. The van der Waals surface area contributed by atoms with Gasteiger partial charge in [-0.25, -0.2) is 0 Å². The first-order chi connectivity index (χ1) is 13.7. The number of carbonyl (C=O) groups excluding carboxylic acids is 1. The fourth-order valence-corrected chi connectivity index (χ4v) is 3.74. The molecule has 3 aromatic heterocycles. The summed E-state index contributed by atoms with van der Waals surface area (Å²) < 4.78 is 2.02. The van der Waals surface area contributed by atoms with Crippen LogP contribution in [-0.4, -0.2) is 15.5 Å². The van der Waals surface area contributed by atoms with E-state index >= 15 is 0 Å². The largest absolute Gasteiger partial charge is 0.346 e. The first-order valence-corrected chi connectivity index (χ1v) is 10.0. The second kappa shape index (κ2) is 8.23. The lowest BCUT2D eigenvalue weighted by molar-refractivity contribution is 0.0942. The number of nitrogens with zero attached hydrogens (tertiary/aromatic N) is 2. The predicted octanol–water partition coefficient (Wildman–Crippen LogP) is 4.90. The van der Waals surface area contributed by atoms with Crippen LogP contribution in [0.2, 0.25) is 0 Å². The standard InChI is InChI=1S/C23H21N3OS/c1-17-4-6-18(7-5-17)15-26-16-20(19-8-10-24-11-9-19)13-22(26)23(27)25-14-21-3-2-12-28-21/h2-13,16H,14-15H2,1H3,(H,25,27). The minimum Gasteiger partial charge on any atom is -0.346 e. The van der Waals surface area contributed by atoms with Crippen molar-refractivity contribution < 1.29 is 4.79 Å². The van der Waals surface area contributed by atoms with Gasteiger partial charge < -0.3 is 9.88 Å². The fraction of sp³-hybridized carbons (Fsp3) is 0.130. The zero-order chi connectivity index (χ0) is 19.3. The highest BCUT2D eigenvalue weighted by Crippen LogP contribution is 2.23. The van der Waals surface area contributed by atoms with Crippen LogP contribution in [0.3, 0.4) is 0 Å². The van der Waals surface area contributed by atoms with E-state index in [-0.39, 0.29) is 5.91 Å². The molecule has 4 rings (SSSR count). The first-order valence-electron chi connectivity index (χ1n) is 9.16. The van der Waals surface area contributed by atoms with E-state index in [2.05, 4.69) is 41.5 Å². The zero-order valence-corrected chi connectivity index (χ0v) is 16.4. The van der Waals surface area contributed by atoms with Crippen LogP contribution in [0.15, 0.2) is 78.6 Å². The number of aryl methyl sites for hydroxylation is 1. The molecule has 4 nitrogen and oxygen atoms in total. The second-order valence-electron chi connectivity index (χ2n) is 6.73. The summed E-state index contributed by atoms with van der Waals surface area (Å²) in [6.45, 7) is 3.26. The van der Waals surface area contributed by atoms with Crippen LogP contribution < -0.4 is 5.32 Å². The van der Waals surface area contributed by atoms with Crippen LogP contribution in [0.5, 0.6) is 0 Å². The number of carbonyl (C=O) groups is 1. The van der Waals surface area contributed by atoms with Gasteiger partial charge in [0.05, 0.1) is 6.54 Å². The van der Waals surface area contributed by atoms with E-state index < -0.39 is 0 Å². The fourth-order valence-electron chi connectivity index (χ4n) is 3.10. The first kappa shape index (κ1) is 18.2. The van der Waals surface area contributed by atoms with Gasteiger partial charge in [-0.2, -0.15) is 0 Å². The minimum atomic E-state index is -0.0687. The Balaban J connectivity index is 1.63. The third-order valence-electron chi connectivity index (χ3n) is 4.62. The molecule has 1 N–H and O–H groups in total. The van der Waals surface area contributed by atoms with Crippen LogP contribution in [0.25, 0.3) is 11.1 Å². The number of nitrogens with one attached hydrogen (secondary N) is 1. The van der Waals surface area contributed by atoms with Gasteiger partial charge in [-0.1, -0.05) is 35.9 Å². The van der Waals surface area contributed by atoms with Crippen LogP contribution in [0, 0.1) is 6.92 Å². The lowest BCUT2D eigenvalue weighted by Crippen LogP contribution is -2.25. The van der Waals surface area contributed by atoms with Crippen LogP contribution in [0.4, 0.5) is 0 Å². The Labute approximate surface area is 168 Å². The number of pyridine rings is 1. The van der Waals surface area contributed by atoms with Crippen molar-refractivity contribution >= 4 is 17.2 Å². The molecule has 0 spiro atoms. The van der Waals surface area contributed by atoms with Gasteiger partial charge in [0.1, 0.15) is 5.69 Å². The van der Waals surface area contributed by atoms with Gasteiger partial charge >= 0.3 is 0 Å². The summed E-state index contributed by atoms with van der Waals surface area (Å²) in [7, 11) is 0. The summed E-state index contributed by atoms with van der Waals surface area (Å²) >= 11 is 1.64. The molecule has 0 aliphatic carbocycles. The van der Waals surface area contributed by atoms with Gasteiger partial charge in [0.2, 0.25) is 0 Å². The summed E-state index contributed by atoms with van der Waals surface area (Å²) in [5.41, 5.74) is 5.10. The molecule has 4 aromatic rings. The molecular weight excluding hydrogens is 366 g/mol. The van der Waals surface area contributed by atoms with Crippen molar-refractivity contribution in [1.82, 2.24) is 14.9 Å². The third kappa shape index (κ3) is 4.21. The van der Waals surface area contributed by atoms with Gasteiger partial charge in [0, 0.05) is 35.6 Å². The molecule has 0 fully saturated rings. The zero-order valence-electron chi connectivity index (χ0n) is 15.6. The van der Waals surface area contributed by atoms with Crippen molar-refractivity contribution in [3.63, 3.8) is 0 Å². The topological polar surface area (TPSA) is 46.9 Å². The molecule has 0 unspecified atom stereocenters. The highest BCUT2D eigenvalue weighted by Gasteiger charge is 2.15. The molecular formula is C23H21N3OS. The van der Waals surface area contributed by atoms with Crippen molar-refractivity contribution in [2.45, 2.75) is 20.0 Å². The highest BCUT2D eigenvalue weighted by molar-refractivity contribution is 7.09. The molecule has 0 aliphatic heterocycles. The summed E-state index contributed by atoms with van der Waals surface area (Å²) in [5, 5.41) is 5.06. The van der Waals surface area contributed by atoms with Crippen molar-refractivity contribution in [2.24, 2.45) is 0 Å². The summed E-state index contributed by atoms with van der Waals surface area (Å²) in [6.07, 6.45) is 5.57. The maximum atomic E-state index is 12.9. The number of hydrogen-bond acceptors (Lipinski definition) is 3. The Morgan fingerprint density at radius 2 is 1.86 bits per heavy atom. The summed E-state index contributed by atoms with van der Waals surface area (Å²) in [4.78, 5) is 18.1. The second-order valence-corrected chi connectivity index (χ2v) is 7.76. The van der Waals surface area contributed by atoms with Gasteiger partial charge in [-0.15, -0.1) is 11.3 Å². The molecule has 0 radical (unpaired) electrons. The minimum absolute atomic E-state index is 0.0687. The maximum Gasteiger partial charge on any atom is 0.268 e. The van der Waals surface area contributed by atoms with E-state index in [1.165, 1.54) is 5.56 Å². The third-order valence-corrected chi connectivity index (χ3v) is 5.50. The quantitative estimate of drug-likeness (QED) is 0.512. The molecule has 0 saturated carbocycles. The Bertz CT molecular complexity index is 1050. The van der Waals surface area contributed by atoms with E-state index in [0.717, 1.165) is 21.6 Å². The van der Waals surface area contributed by atoms with E-state index in [4.69, 9.17) is 0 Å². The molecule has 5 heteroatoms. The predicted molar refractivity (Wildman–Crippen MR) is 113 cm³/mol. The van der Waals surface area contributed by atoms with E-state index in [1.807, 2.05) is 46.5 Å². The number of amides is 1. The molecule has 0 saturated heterocycles. The van der Waals surface area contributed by atoms with Crippen LogP contribution in [0.1, 0.15) is 26.5 Å². The molecule has 3 heterocycles. The highest BCUT2D eigenvalue weighted by atomic mass is 32.1. The van der Waals surface area contributed by atoms with Crippen LogP contribution >= 0.6 is 11.3 Å². The molecule has 28 heavy (non-hydrogen) atoms. The van der Waals surface area contributed by atoms with Crippen LogP contribution in [-0.2, 0) is 13.1 Å². The normalized spacial score (nSPS) is 10.8. The summed E-state index contributed by atoms with van der Waals surface area (Å²) in [5.74, 6) is -0.0687. The number of benzene rings is 1. The van der Waals surface area contributed by atoms with E-state index in [0.29, 0.717) is 18.8 Å². The Morgan fingerprint density at radius 3 is 2.57 bits per heavy atom. The Kier molecular flexibility index (Phi) is 5.35. The molecule has 0 aliphatic rings. The lowest BCUT2D eigenvalue weighted by Gasteiger charge is -2.10. The average molecular weight is 388 g/mol. The average Bonchev–Trinajstić information content (AvgIpc) is 3.39. The smallest absolute Gasteiger partial charge is 0.268 e. The number of thiophene rings is 1. The molecule has 1 amide bonds. The Hall–Kier alpha value is -3.18. The van der Waals surface area contributed by atoms with Crippen molar-refractivity contribution in [2.75, 3.05) is 0 Å². The number of aromatic nitrogens is 2. The van der Waals surface area contributed by atoms with Crippen molar-refractivity contribution in [3.05, 3.63) is 100 Å². The van der Waals surface area contributed by atoms with Gasteiger partial charge in [0.25, 0.3) is 5.91 Å². The maximum absolute atomic E-state index is 12.9. The number of hydrogen-bond donors (Lipinski definition) is 1. The molecule has 0 atom stereocenters. The van der Waals surface area contributed by atoms with E-state index in [1.54, 1.807) is 23.7 Å². The van der Waals surface area contributed by atoms with Gasteiger partial charge in [0.15, 0.2) is 0 Å².